The molecule has 0 radical (unpaired) electrons. The van der Waals surface area contributed by atoms with Crippen molar-refractivity contribution in [3.05, 3.63) is 61.4 Å². The van der Waals surface area contributed by atoms with Gasteiger partial charge in [0, 0.05) is 8.04 Å². The molecular weight excluding hydrogens is 424 g/mol. The Morgan fingerprint density at radius 1 is 1.26 bits per heavy atom. The van der Waals surface area contributed by atoms with Crippen LogP contribution in [0.25, 0.3) is 0 Å². The van der Waals surface area contributed by atoms with E-state index in [-0.39, 0.29) is 11.6 Å². The lowest BCUT2D eigenvalue weighted by atomic mass is 10.2. The Labute approximate surface area is 132 Å². The molecule has 19 heavy (non-hydrogen) atoms. The minimum Gasteiger partial charge on any atom is -0.319 e. The van der Waals surface area contributed by atoms with Gasteiger partial charge in [-0.05, 0) is 65.4 Å². The van der Waals surface area contributed by atoms with Crippen LogP contribution in [-0.4, -0.2) is 5.91 Å². The van der Waals surface area contributed by atoms with Gasteiger partial charge < -0.3 is 5.32 Å². The molecule has 2 rings (SSSR count). The smallest absolute Gasteiger partial charge is 0.256 e. The molecule has 0 unspecified atom stereocenters. The first-order valence-corrected chi connectivity index (χ1v) is 7.37. The van der Waals surface area contributed by atoms with E-state index >= 15 is 0 Å². The quantitative estimate of drug-likeness (QED) is 0.680. The highest BCUT2D eigenvalue weighted by Crippen LogP contribution is 2.21. The van der Waals surface area contributed by atoms with E-state index in [0.29, 0.717) is 5.56 Å². The maximum Gasteiger partial charge on any atom is 0.256 e. The summed E-state index contributed by atoms with van der Waals surface area (Å²) in [6, 6.07) is 10.1. The highest BCUT2D eigenvalue weighted by Gasteiger charge is 2.12. The molecule has 0 aliphatic carbocycles. The first kappa shape index (κ1) is 14.5. The number of benzene rings is 2. The van der Waals surface area contributed by atoms with Gasteiger partial charge in [0.2, 0.25) is 0 Å². The van der Waals surface area contributed by atoms with Gasteiger partial charge in [-0.1, -0.05) is 22.0 Å². The third-order valence-electron chi connectivity index (χ3n) is 2.55. The summed E-state index contributed by atoms with van der Waals surface area (Å²) in [5.74, 6) is -0.758. The molecule has 5 heteroatoms. The van der Waals surface area contributed by atoms with Gasteiger partial charge in [-0.3, -0.25) is 4.79 Å². The van der Waals surface area contributed by atoms with E-state index in [1.165, 1.54) is 6.07 Å². The number of carbonyl (C=O) groups is 1. The molecule has 1 N–H and O–H groups in total. The van der Waals surface area contributed by atoms with Gasteiger partial charge in [-0.15, -0.1) is 0 Å². The fraction of sp³-hybridized carbons (Fsp3) is 0.0714. The lowest BCUT2D eigenvalue weighted by Gasteiger charge is -2.08. The van der Waals surface area contributed by atoms with Gasteiger partial charge in [0.25, 0.3) is 5.91 Å². The number of nitrogens with one attached hydrogen (secondary N) is 1. The summed E-state index contributed by atoms with van der Waals surface area (Å²) in [5.41, 5.74) is 1.51. The lowest BCUT2D eigenvalue weighted by Crippen LogP contribution is -2.14. The Balaban J connectivity index is 2.28. The average molecular weight is 434 g/mol. The molecule has 1 amide bonds. The van der Waals surface area contributed by atoms with Crippen LogP contribution in [0.3, 0.4) is 0 Å². The van der Waals surface area contributed by atoms with Gasteiger partial charge >= 0.3 is 0 Å². The van der Waals surface area contributed by atoms with Crippen LogP contribution in [0.2, 0.25) is 0 Å². The van der Waals surface area contributed by atoms with Crippen molar-refractivity contribution in [2.75, 3.05) is 5.32 Å². The van der Waals surface area contributed by atoms with E-state index in [4.69, 9.17) is 0 Å². The van der Waals surface area contributed by atoms with E-state index in [2.05, 4.69) is 43.8 Å². The van der Waals surface area contributed by atoms with Crippen molar-refractivity contribution in [1.82, 2.24) is 0 Å². The molecule has 2 aromatic rings. The third kappa shape index (κ3) is 3.54. The summed E-state index contributed by atoms with van der Waals surface area (Å²) in [6.45, 7) is 1.80. The van der Waals surface area contributed by atoms with Crippen molar-refractivity contribution in [3.63, 3.8) is 0 Å². The predicted molar refractivity (Wildman–Crippen MR) is 85.9 cm³/mol. The first-order chi connectivity index (χ1) is 8.97. The molecule has 0 bridgehead atoms. The Morgan fingerprint density at radius 3 is 2.68 bits per heavy atom. The minimum absolute atomic E-state index is 0.186. The largest absolute Gasteiger partial charge is 0.319 e. The topological polar surface area (TPSA) is 29.1 Å². The molecule has 0 aliphatic heterocycles. The van der Waals surface area contributed by atoms with Crippen molar-refractivity contribution >= 4 is 50.1 Å². The monoisotopic (exact) mass is 433 g/mol. The first-order valence-electron chi connectivity index (χ1n) is 5.50. The summed E-state index contributed by atoms with van der Waals surface area (Å²) in [7, 11) is 0. The fourth-order valence-corrected chi connectivity index (χ4v) is 2.52. The number of anilines is 1. The van der Waals surface area contributed by atoms with Crippen LogP contribution in [0.4, 0.5) is 10.1 Å². The van der Waals surface area contributed by atoms with Gasteiger partial charge in [-0.25, -0.2) is 4.39 Å². The highest BCUT2D eigenvalue weighted by atomic mass is 127. The number of halogens is 3. The maximum atomic E-state index is 13.7. The summed E-state index contributed by atoms with van der Waals surface area (Å²) >= 11 is 5.39. The third-order valence-corrected chi connectivity index (χ3v) is 3.98. The number of hydrogen-bond acceptors (Lipinski definition) is 1. The lowest BCUT2D eigenvalue weighted by molar-refractivity contribution is 0.102. The Hall–Kier alpha value is -0.950. The molecular formula is C14H10BrFINO. The van der Waals surface area contributed by atoms with E-state index < -0.39 is 5.82 Å². The van der Waals surface area contributed by atoms with Crippen molar-refractivity contribution < 1.29 is 9.18 Å². The molecule has 0 aromatic heterocycles. The van der Waals surface area contributed by atoms with E-state index in [9.17, 15) is 9.18 Å². The van der Waals surface area contributed by atoms with Gasteiger partial charge in [-0.2, -0.15) is 0 Å². The molecule has 0 atom stereocenters. The van der Waals surface area contributed by atoms with Crippen LogP contribution < -0.4 is 5.32 Å². The summed E-state index contributed by atoms with van der Waals surface area (Å²) < 4.78 is 15.3. The van der Waals surface area contributed by atoms with Crippen molar-refractivity contribution in [2.45, 2.75) is 6.92 Å². The van der Waals surface area contributed by atoms with E-state index in [1.54, 1.807) is 25.1 Å². The molecule has 98 valence electrons. The van der Waals surface area contributed by atoms with Crippen LogP contribution in [0.15, 0.2) is 40.9 Å². The molecule has 0 saturated carbocycles. The maximum absolute atomic E-state index is 13.7. The Kier molecular flexibility index (Phi) is 4.57. The molecule has 0 heterocycles. The molecule has 2 aromatic carbocycles. The fourth-order valence-electron chi connectivity index (χ4n) is 1.58. The van der Waals surface area contributed by atoms with Crippen LogP contribution in [0.5, 0.6) is 0 Å². The predicted octanol–water partition coefficient (Wildman–Crippen LogP) is 4.75. The summed E-state index contributed by atoms with van der Waals surface area (Å²) in [6.07, 6.45) is 0. The number of rotatable bonds is 2. The zero-order valence-electron chi connectivity index (χ0n) is 10.0. The Morgan fingerprint density at radius 2 is 2.00 bits per heavy atom. The van der Waals surface area contributed by atoms with E-state index in [0.717, 1.165) is 13.6 Å². The molecule has 0 fully saturated rings. The standard InChI is InChI=1S/C14H10BrFINO/c1-8-2-5-13(11(16)6-8)18-14(19)10-7-9(15)3-4-12(10)17/h2-7H,1H3,(H,18,19). The normalized spacial score (nSPS) is 10.3. The number of hydrogen-bond donors (Lipinski definition) is 1. The number of aryl methyl sites for hydroxylation is 1. The highest BCUT2D eigenvalue weighted by molar-refractivity contribution is 14.1. The second kappa shape index (κ2) is 6.00. The van der Waals surface area contributed by atoms with Crippen molar-refractivity contribution in [1.29, 1.82) is 0 Å². The van der Waals surface area contributed by atoms with Crippen molar-refractivity contribution in [3.8, 4) is 0 Å². The minimum atomic E-state index is -0.432. The van der Waals surface area contributed by atoms with Gasteiger partial charge in [0.1, 0.15) is 5.82 Å². The zero-order valence-corrected chi connectivity index (χ0v) is 13.7. The van der Waals surface area contributed by atoms with Gasteiger partial charge in [0.05, 0.1) is 11.3 Å². The molecule has 0 aliphatic rings. The SMILES string of the molecule is Cc1ccc(NC(=O)c2cc(Br)ccc2I)c(F)c1. The summed E-state index contributed by atoms with van der Waals surface area (Å²) in [5, 5.41) is 2.58. The second-order valence-electron chi connectivity index (χ2n) is 4.06. The molecule has 2 nitrogen and oxygen atoms in total. The van der Waals surface area contributed by atoms with Crippen LogP contribution in [0.1, 0.15) is 15.9 Å². The second-order valence-corrected chi connectivity index (χ2v) is 6.14. The van der Waals surface area contributed by atoms with Crippen molar-refractivity contribution in [2.24, 2.45) is 0 Å². The van der Waals surface area contributed by atoms with Crippen LogP contribution in [-0.2, 0) is 0 Å². The van der Waals surface area contributed by atoms with Gasteiger partial charge in [0.15, 0.2) is 0 Å². The zero-order chi connectivity index (χ0) is 14.0. The summed E-state index contributed by atoms with van der Waals surface area (Å²) in [4.78, 5) is 12.1. The number of carbonyl (C=O) groups excluding carboxylic acids is 1. The average Bonchev–Trinajstić information content (AvgIpc) is 2.35. The molecule has 0 saturated heterocycles. The Bertz CT molecular complexity index is 645. The number of amides is 1. The molecule has 0 spiro atoms. The van der Waals surface area contributed by atoms with Crippen LogP contribution >= 0.6 is 38.5 Å². The van der Waals surface area contributed by atoms with E-state index in [1.807, 2.05) is 12.1 Å². The van der Waals surface area contributed by atoms with Crippen LogP contribution in [0, 0.1) is 16.3 Å².